The van der Waals surface area contributed by atoms with Crippen molar-refractivity contribution in [2.45, 2.75) is 46.0 Å². The van der Waals surface area contributed by atoms with Gasteiger partial charge in [-0.05, 0) is 49.2 Å². The Hall–Kier alpha value is -2.89. The first-order chi connectivity index (χ1) is 13.1. The zero-order valence-corrected chi connectivity index (χ0v) is 16.0. The van der Waals surface area contributed by atoms with E-state index in [-0.39, 0.29) is 18.2 Å². The lowest BCUT2D eigenvalue weighted by Crippen LogP contribution is -2.42. The summed E-state index contributed by atoms with van der Waals surface area (Å²) in [5, 5.41) is 0. The van der Waals surface area contributed by atoms with Crippen LogP contribution in [0, 0.1) is 6.92 Å². The second-order valence-electron chi connectivity index (χ2n) is 6.42. The maximum atomic E-state index is 12.1. The molecule has 144 valence electrons. The summed E-state index contributed by atoms with van der Waals surface area (Å²) in [6.45, 7) is 4.73. The van der Waals surface area contributed by atoms with Gasteiger partial charge in [-0.3, -0.25) is 25.4 Å². The lowest BCUT2D eigenvalue weighted by atomic mass is 10.2. The molecule has 2 rings (SSSR count). The van der Waals surface area contributed by atoms with Crippen molar-refractivity contribution >= 4 is 11.8 Å². The number of aromatic nitrogens is 1. The quantitative estimate of drug-likeness (QED) is 0.525. The molecule has 0 aliphatic heterocycles. The fourth-order valence-corrected chi connectivity index (χ4v) is 2.45. The molecule has 2 N–H and O–H groups in total. The number of hydrazine groups is 1. The topological polar surface area (TPSA) is 80.3 Å². The summed E-state index contributed by atoms with van der Waals surface area (Å²) in [4.78, 5) is 28.2. The summed E-state index contributed by atoms with van der Waals surface area (Å²) in [5.74, 6) is 0.0554. The Kier molecular flexibility index (Phi) is 8.29. The average molecular weight is 369 g/mol. The molecule has 0 aliphatic carbocycles. The van der Waals surface area contributed by atoms with Crippen molar-refractivity contribution in [2.75, 3.05) is 6.61 Å². The van der Waals surface area contributed by atoms with Crippen LogP contribution in [-0.2, 0) is 11.2 Å². The summed E-state index contributed by atoms with van der Waals surface area (Å²) >= 11 is 0. The van der Waals surface area contributed by atoms with Crippen LogP contribution in [0.5, 0.6) is 5.75 Å². The third kappa shape index (κ3) is 7.48. The van der Waals surface area contributed by atoms with Gasteiger partial charge in [-0.2, -0.15) is 0 Å². The highest BCUT2D eigenvalue weighted by atomic mass is 16.5. The van der Waals surface area contributed by atoms with Gasteiger partial charge in [-0.1, -0.05) is 32.3 Å². The Balaban J connectivity index is 1.73. The van der Waals surface area contributed by atoms with Crippen LogP contribution in [0.15, 0.2) is 42.6 Å². The van der Waals surface area contributed by atoms with Crippen LogP contribution in [0.2, 0.25) is 0 Å². The van der Waals surface area contributed by atoms with Gasteiger partial charge in [0.15, 0.2) is 0 Å². The molecule has 0 saturated heterocycles. The van der Waals surface area contributed by atoms with Crippen LogP contribution in [0.3, 0.4) is 0 Å². The first kappa shape index (κ1) is 20.4. The summed E-state index contributed by atoms with van der Waals surface area (Å²) in [7, 11) is 0. The number of carbonyl (C=O) groups excluding carboxylic acids is 2. The van der Waals surface area contributed by atoms with E-state index in [0.29, 0.717) is 12.2 Å². The number of unbranched alkanes of at least 4 members (excludes halogenated alkanes) is 3. The lowest BCUT2D eigenvalue weighted by molar-refractivity contribution is -0.121. The Morgan fingerprint density at radius 2 is 1.78 bits per heavy atom. The van der Waals surface area contributed by atoms with Crippen LogP contribution in [0.25, 0.3) is 0 Å². The Labute approximate surface area is 160 Å². The highest BCUT2D eigenvalue weighted by Crippen LogP contribution is 2.13. The molecule has 6 nitrogen and oxygen atoms in total. The van der Waals surface area contributed by atoms with Crippen LogP contribution < -0.4 is 15.6 Å². The van der Waals surface area contributed by atoms with Gasteiger partial charge >= 0.3 is 0 Å². The third-order valence-electron chi connectivity index (χ3n) is 4.04. The zero-order chi connectivity index (χ0) is 19.5. The summed E-state index contributed by atoms with van der Waals surface area (Å²) in [6.07, 6.45) is 6.40. The van der Waals surface area contributed by atoms with E-state index >= 15 is 0 Å². The number of nitrogens with zero attached hydrogens (tertiary/aromatic N) is 1. The molecule has 27 heavy (non-hydrogen) atoms. The van der Waals surface area contributed by atoms with Gasteiger partial charge in [0.1, 0.15) is 5.75 Å². The predicted molar refractivity (Wildman–Crippen MR) is 104 cm³/mol. The van der Waals surface area contributed by atoms with E-state index in [1.165, 1.54) is 12.8 Å². The maximum absolute atomic E-state index is 12.1. The number of benzene rings is 1. The Morgan fingerprint density at radius 3 is 2.44 bits per heavy atom. The number of ether oxygens (including phenoxy) is 1. The first-order valence-corrected chi connectivity index (χ1v) is 9.32. The van der Waals surface area contributed by atoms with Gasteiger partial charge in [0, 0.05) is 17.5 Å². The van der Waals surface area contributed by atoms with Crippen molar-refractivity contribution in [1.82, 2.24) is 15.8 Å². The fraction of sp³-hybridized carbons (Fsp3) is 0.381. The highest BCUT2D eigenvalue weighted by Gasteiger charge is 2.08. The summed E-state index contributed by atoms with van der Waals surface area (Å²) in [5.41, 5.74) is 6.96. The van der Waals surface area contributed by atoms with Crippen molar-refractivity contribution in [3.8, 4) is 5.75 Å². The van der Waals surface area contributed by atoms with Crippen molar-refractivity contribution in [1.29, 1.82) is 0 Å². The standard InChI is InChI=1S/C21H27N3O3/c1-3-4-5-6-13-27-19-11-9-18(10-12-19)21(26)24-23-20(25)14-17-8-7-16(2)22-15-17/h7-12,15H,3-6,13-14H2,1-2H3,(H,23,25)(H,24,26). The van der Waals surface area contributed by atoms with E-state index < -0.39 is 0 Å². The van der Waals surface area contributed by atoms with Gasteiger partial charge in [0.25, 0.3) is 5.91 Å². The van der Waals surface area contributed by atoms with Crippen molar-refractivity contribution in [3.05, 3.63) is 59.4 Å². The molecule has 0 saturated carbocycles. The summed E-state index contributed by atoms with van der Waals surface area (Å²) < 4.78 is 5.65. The van der Waals surface area contributed by atoms with Crippen LogP contribution in [0.4, 0.5) is 0 Å². The molecule has 0 bridgehead atoms. The molecule has 0 spiro atoms. The second kappa shape index (κ2) is 11.0. The normalized spacial score (nSPS) is 10.3. The number of rotatable bonds is 9. The third-order valence-corrected chi connectivity index (χ3v) is 4.04. The minimum absolute atomic E-state index is 0.151. The molecule has 0 atom stereocenters. The molecular formula is C21H27N3O3. The van der Waals surface area contributed by atoms with E-state index in [4.69, 9.17) is 4.74 Å². The molecule has 0 fully saturated rings. The van der Waals surface area contributed by atoms with Crippen molar-refractivity contribution in [3.63, 3.8) is 0 Å². The molecule has 1 heterocycles. The van der Waals surface area contributed by atoms with Gasteiger partial charge in [-0.25, -0.2) is 0 Å². The molecule has 2 amide bonds. The van der Waals surface area contributed by atoms with Crippen molar-refractivity contribution in [2.24, 2.45) is 0 Å². The minimum Gasteiger partial charge on any atom is -0.494 e. The number of hydrogen-bond donors (Lipinski definition) is 2. The van der Waals surface area contributed by atoms with Crippen LogP contribution in [-0.4, -0.2) is 23.4 Å². The van der Waals surface area contributed by atoms with E-state index in [1.54, 1.807) is 30.5 Å². The highest BCUT2D eigenvalue weighted by molar-refractivity contribution is 5.95. The number of nitrogens with one attached hydrogen (secondary N) is 2. The van der Waals surface area contributed by atoms with Gasteiger partial charge < -0.3 is 4.74 Å². The molecule has 0 aliphatic rings. The monoisotopic (exact) mass is 369 g/mol. The van der Waals surface area contributed by atoms with Crippen LogP contribution >= 0.6 is 0 Å². The molecule has 2 aromatic rings. The van der Waals surface area contributed by atoms with E-state index in [1.807, 2.05) is 19.1 Å². The lowest BCUT2D eigenvalue weighted by Gasteiger charge is -2.09. The molecular weight excluding hydrogens is 342 g/mol. The second-order valence-corrected chi connectivity index (χ2v) is 6.42. The molecule has 0 unspecified atom stereocenters. The van der Waals surface area contributed by atoms with Gasteiger partial charge in [-0.15, -0.1) is 0 Å². The minimum atomic E-state index is -0.375. The van der Waals surface area contributed by atoms with Gasteiger partial charge in [0.2, 0.25) is 5.91 Å². The fourth-order valence-electron chi connectivity index (χ4n) is 2.45. The van der Waals surface area contributed by atoms with Crippen LogP contribution in [0.1, 0.15) is 54.2 Å². The van der Waals surface area contributed by atoms with Crippen molar-refractivity contribution < 1.29 is 14.3 Å². The molecule has 6 heteroatoms. The number of pyridine rings is 1. The Bertz CT molecular complexity index is 727. The maximum Gasteiger partial charge on any atom is 0.269 e. The SMILES string of the molecule is CCCCCCOc1ccc(C(=O)NNC(=O)Cc2ccc(C)nc2)cc1. The summed E-state index contributed by atoms with van der Waals surface area (Å²) in [6, 6.07) is 10.5. The van der Waals surface area contributed by atoms with Gasteiger partial charge in [0.05, 0.1) is 13.0 Å². The average Bonchev–Trinajstić information content (AvgIpc) is 2.68. The molecule has 1 aromatic carbocycles. The first-order valence-electron chi connectivity index (χ1n) is 9.32. The zero-order valence-electron chi connectivity index (χ0n) is 16.0. The number of carbonyl (C=O) groups is 2. The predicted octanol–water partition coefficient (Wildman–Crippen LogP) is 3.35. The Morgan fingerprint density at radius 1 is 1.00 bits per heavy atom. The van der Waals surface area contributed by atoms with E-state index in [9.17, 15) is 9.59 Å². The smallest absolute Gasteiger partial charge is 0.269 e. The van der Waals surface area contributed by atoms with E-state index in [2.05, 4.69) is 22.8 Å². The number of amides is 2. The van der Waals surface area contributed by atoms with E-state index in [0.717, 1.165) is 29.8 Å². The number of hydrogen-bond acceptors (Lipinski definition) is 4. The molecule has 1 aromatic heterocycles. The molecule has 0 radical (unpaired) electrons. The largest absolute Gasteiger partial charge is 0.494 e. The number of aryl methyl sites for hydroxylation is 1.